The Bertz CT molecular complexity index is 771. The molecule has 4 rings (SSSR count). The number of aryl methyl sites for hydroxylation is 2. The van der Waals surface area contributed by atoms with Gasteiger partial charge in [-0.05, 0) is 49.4 Å². The number of aromatic amines is 1. The summed E-state index contributed by atoms with van der Waals surface area (Å²) in [4.78, 5) is 7.82. The molecule has 2 aromatic heterocycles. The van der Waals surface area contributed by atoms with Gasteiger partial charge in [-0.25, -0.2) is 0 Å². The van der Waals surface area contributed by atoms with Crippen LogP contribution in [0.5, 0.6) is 0 Å². The maximum atomic E-state index is 5.51. The van der Waals surface area contributed by atoms with E-state index in [9.17, 15) is 0 Å². The van der Waals surface area contributed by atoms with Crippen LogP contribution in [0.2, 0.25) is 0 Å². The number of hydrogen-bond donors (Lipinski definition) is 2. The highest BCUT2D eigenvalue weighted by atomic mass is 16.5. The van der Waals surface area contributed by atoms with Crippen molar-refractivity contribution in [2.45, 2.75) is 32.2 Å². The van der Waals surface area contributed by atoms with E-state index >= 15 is 0 Å². The average molecular weight is 268 g/mol. The van der Waals surface area contributed by atoms with Crippen molar-refractivity contribution >= 4 is 10.9 Å². The quantitative estimate of drug-likeness (QED) is 0.748. The number of aromatic nitrogens is 3. The molecule has 1 aliphatic rings. The van der Waals surface area contributed by atoms with Gasteiger partial charge >= 0.3 is 0 Å². The molecule has 0 aliphatic heterocycles. The second-order valence-electron chi connectivity index (χ2n) is 5.27. The predicted octanol–water partition coefficient (Wildman–Crippen LogP) is 2.56. The Labute approximate surface area is 116 Å². The van der Waals surface area contributed by atoms with Crippen LogP contribution in [0.1, 0.15) is 30.0 Å². The smallest absolute Gasteiger partial charge is 0.240 e. The summed E-state index contributed by atoms with van der Waals surface area (Å²) in [5.74, 6) is 1.08. The lowest BCUT2D eigenvalue weighted by Gasteiger charge is -2.10. The lowest BCUT2D eigenvalue weighted by Crippen LogP contribution is -2.00. The minimum atomic E-state index is 0.273. The maximum Gasteiger partial charge on any atom is 0.240 e. The van der Waals surface area contributed by atoms with Crippen LogP contribution in [0.25, 0.3) is 22.3 Å². The van der Waals surface area contributed by atoms with E-state index in [1.165, 1.54) is 35.0 Å². The third-order valence-electron chi connectivity index (χ3n) is 4.00. The number of rotatable bonds is 2. The van der Waals surface area contributed by atoms with Crippen molar-refractivity contribution in [2.75, 3.05) is 0 Å². The topological polar surface area (TPSA) is 80.7 Å². The minimum absolute atomic E-state index is 0.273. The molecule has 0 saturated carbocycles. The van der Waals surface area contributed by atoms with Crippen LogP contribution in [0.15, 0.2) is 22.7 Å². The van der Waals surface area contributed by atoms with Gasteiger partial charge in [0.2, 0.25) is 11.7 Å². The summed E-state index contributed by atoms with van der Waals surface area (Å²) in [6.07, 6.45) is 4.85. The van der Waals surface area contributed by atoms with Gasteiger partial charge in [-0.2, -0.15) is 4.98 Å². The Hall–Kier alpha value is -2.14. The first-order valence-corrected chi connectivity index (χ1v) is 7.01. The zero-order valence-electron chi connectivity index (χ0n) is 11.1. The fraction of sp³-hybridized carbons (Fsp3) is 0.333. The first kappa shape index (κ1) is 11.7. The van der Waals surface area contributed by atoms with Crippen molar-refractivity contribution in [1.82, 2.24) is 15.1 Å². The highest BCUT2D eigenvalue weighted by molar-refractivity contribution is 5.88. The van der Waals surface area contributed by atoms with Crippen LogP contribution < -0.4 is 5.73 Å². The monoisotopic (exact) mass is 268 g/mol. The number of fused-ring (bicyclic) bond motifs is 3. The second-order valence-corrected chi connectivity index (χ2v) is 5.27. The fourth-order valence-corrected chi connectivity index (χ4v) is 3.00. The molecule has 0 unspecified atom stereocenters. The number of nitrogens with one attached hydrogen (secondary N) is 1. The Morgan fingerprint density at radius 1 is 1.25 bits per heavy atom. The van der Waals surface area contributed by atoms with E-state index in [4.69, 9.17) is 10.3 Å². The molecular formula is C15H16N4O. The van der Waals surface area contributed by atoms with E-state index < -0.39 is 0 Å². The molecule has 0 atom stereocenters. The van der Waals surface area contributed by atoms with Crippen molar-refractivity contribution in [3.63, 3.8) is 0 Å². The SMILES string of the molecule is NCc1nc(-c2ccc3[nH]c4c(c3c2)CCCC4)no1. The zero-order chi connectivity index (χ0) is 13.5. The standard InChI is InChI=1S/C15H16N4O/c16-8-14-18-15(19-20-14)9-5-6-13-11(7-9)10-3-1-2-4-12(10)17-13/h5-7,17H,1-4,8,16H2. The van der Waals surface area contributed by atoms with Gasteiger partial charge in [0.25, 0.3) is 0 Å². The molecule has 0 bridgehead atoms. The highest BCUT2D eigenvalue weighted by Crippen LogP contribution is 2.31. The number of nitrogens with two attached hydrogens (primary N) is 1. The molecule has 0 amide bonds. The van der Waals surface area contributed by atoms with Crippen LogP contribution in [0.4, 0.5) is 0 Å². The predicted molar refractivity (Wildman–Crippen MR) is 76.1 cm³/mol. The average Bonchev–Trinajstić information content (AvgIpc) is 3.11. The van der Waals surface area contributed by atoms with E-state index in [1.54, 1.807) is 0 Å². The summed E-state index contributed by atoms with van der Waals surface area (Å²) >= 11 is 0. The summed E-state index contributed by atoms with van der Waals surface area (Å²) in [5.41, 5.74) is 10.5. The van der Waals surface area contributed by atoms with Gasteiger partial charge < -0.3 is 15.2 Å². The summed E-state index contributed by atoms with van der Waals surface area (Å²) in [5, 5.41) is 5.27. The van der Waals surface area contributed by atoms with E-state index in [1.807, 2.05) is 6.07 Å². The number of H-pyrrole nitrogens is 1. The van der Waals surface area contributed by atoms with Crippen molar-refractivity contribution in [3.05, 3.63) is 35.3 Å². The van der Waals surface area contributed by atoms with Crippen molar-refractivity contribution < 1.29 is 4.52 Å². The Kier molecular flexibility index (Phi) is 2.60. The normalized spacial score (nSPS) is 14.7. The van der Waals surface area contributed by atoms with Crippen molar-refractivity contribution in [2.24, 2.45) is 5.73 Å². The molecule has 3 N–H and O–H groups in total. The van der Waals surface area contributed by atoms with Crippen LogP contribution in [-0.2, 0) is 19.4 Å². The Balaban J connectivity index is 1.85. The molecule has 5 heteroatoms. The van der Waals surface area contributed by atoms with Crippen LogP contribution in [-0.4, -0.2) is 15.1 Å². The molecule has 0 spiro atoms. The van der Waals surface area contributed by atoms with E-state index in [0.29, 0.717) is 11.7 Å². The molecular weight excluding hydrogens is 252 g/mol. The summed E-state index contributed by atoms with van der Waals surface area (Å²) in [6.45, 7) is 0.273. The molecule has 0 radical (unpaired) electrons. The molecule has 1 aliphatic carbocycles. The highest BCUT2D eigenvalue weighted by Gasteiger charge is 2.16. The third-order valence-corrected chi connectivity index (χ3v) is 4.00. The molecule has 1 aromatic carbocycles. The van der Waals surface area contributed by atoms with Crippen molar-refractivity contribution in [3.8, 4) is 11.4 Å². The molecule has 3 aromatic rings. The molecule has 20 heavy (non-hydrogen) atoms. The summed E-state index contributed by atoms with van der Waals surface area (Å²) in [6, 6.07) is 6.28. The maximum absolute atomic E-state index is 5.51. The number of hydrogen-bond acceptors (Lipinski definition) is 4. The van der Waals surface area contributed by atoms with Crippen molar-refractivity contribution in [1.29, 1.82) is 0 Å². The summed E-state index contributed by atoms with van der Waals surface area (Å²) in [7, 11) is 0. The molecule has 0 saturated heterocycles. The van der Waals surface area contributed by atoms with Crippen LogP contribution in [0.3, 0.4) is 0 Å². The lowest BCUT2D eigenvalue weighted by atomic mass is 9.95. The van der Waals surface area contributed by atoms with Gasteiger partial charge in [-0.3, -0.25) is 0 Å². The fourth-order valence-electron chi connectivity index (χ4n) is 3.00. The second kappa shape index (κ2) is 4.45. The molecule has 2 heterocycles. The van der Waals surface area contributed by atoms with Crippen LogP contribution in [0, 0.1) is 0 Å². The van der Waals surface area contributed by atoms with Gasteiger partial charge in [-0.1, -0.05) is 5.16 Å². The summed E-state index contributed by atoms with van der Waals surface area (Å²) < 4.78 is 5.08. The van der Waals surface area contributed by atoms with Gasteiger partial charge in [0.15, 0.2) is 0 Å². The van der Waals surface area contributed by atoms with Gasteiger partial charge in [0.05, 0.1) is 6.54 Å². The third kappa shape index (κ3) is 1.74. The van der Waals surface area contributed by atoms with Crippen LogP contribution >= 0.6 is 0 Å². The first-order valence-electron chi connectivity index (χ1n) is 7.01. The number of benzene rings is 1. The molecule has 5 nitrogen and oxygen atoms in total. The molecule has 102 valence electrons. The largest absolute Gasteiger partial charge is 0.358 e. The van der Waals surface area contributed by atoms with Gasteiger partial charge in [0.1, 0.15) is 0 Å². The Morgan fingerprint density at radius 2 is 2.15 bits per heavy atom. The van der Waals surface area contributed by atoms with Gasteiger partial charge in [-0.15, -0.1) is 0 Å². The van der Waals surface area contributed by atoms with E-state index in [-0.39, 0.29) is 6.54 Å². The van der Waals surface area contributed by atoms with E-state index in [0.717, 1.165) is 18.4 Å². The number of nitrogens with zero attached hydrogens (tertiary/aromatic N) is 2. The zero-order valence-corrected chi connectivity index (χ0v) is 11.1. The molecule has 0 fully saturated rings. The minimum Gasteiger partial charge on any atom is -0.358 e. The van der Waals surface area contributed by atoms with E-state index in [2.05, 4.69) is 27.3 Å². The van der Waals surface area contributed by atoms with Gasteiger partial charge in [0, 0.05) is 22.2 Å². The first-order chi connectivity index (χ1) is 9.85. The lowest BCUT2D eigenvalue weighted by molar-refractivity contribution is 0.380. The Morgan fingerprint density at radius 3 is 3.00 bits per heavy atom.